The Kier molecular flexibility index (Phi) is 5.34. The smallest absolute Gasteiger partial charge is 0.264 e. The lowest BCUT2D eigenvalue weighted by Crippen LogP contribution is -2.52. The summed E-state index contributed by atoms with van der Waals surface area (Å²) < 4.78 is 0. The lowest BCUT2D eigenvalue weighted by Gasteiger charge is -2.18. The van der Waals surface area contributed by atoms with Gasteiger partial charge in [-0.15, -0.1) is 0 Å². The maximum absolute atomic E-state index is 10.9. The van der Waals surface area contributed by atoms with E-state index in [1.165, 1.54) is 0 Å². The van der Waals surface area contributed by atoms with Gasteiger partial charge in [0, 0.05) is 4.92 Å². The van der Waals surface area contributed by atoms with E-state index in [0.717, 1.165) is 0 Å². The predicted molar refractivity (Wildman–Crippen MR) is 64.8 cm³/mol. The predicted octanol–water partition coefficient (Wildman–Crippen LogP) is -0.0489. The van der Waals surface area contributed by atoms with Crippen molar-refractivity contribution >= 4 is 0 Å². The SMILES string of the molecule is CC(CC(CC(C)([N+](=O)[O-])[N+](=O)[O-])[N+](=O)[O-])([N+](=O)[O-])[N+](=O)[O-]. The Hall–Kier alpha value is -3.00. The van der Waals surface area contributed by atoms with Gasteiger partial charge >= 0.3 is 11.3 Å². The van der Waals surface area contributed by atoms with E-state index in [0.29, 0.717) is 13.8 Å². The molecule has 0 unspecified atom stereocenters. The maximum atomic E-state index is 10.9. The highest BCUT2D eigenvalue weighted by molar-refractivity contribution is 4.74. The van der Waals surface area contributed by atoms with E-state index >= 15 is 0 Å². The van der Waals surface area contributed by atoms with Crippen LogP contribution in [-0.2, 0) is 0 Å². The van der Waals surface area contributed by atoms with E-state index in [4.69, 9.17) is 0 Å². The van der Waals surface area contributed by atoms with Crippen LogP contribution in [0.25, 0.3) is 0 Å². The van der Waals surface area contributed by atoms with Crippen molar-refractivity contribution in [3.05, 3.63) is 50.6 Å². The molecule has 0 aliphatic rings. The van der Waals surface area contributed by atoms with Crippen molar-refractivity contribution in [3.8, 4) is 0 Å². The summed E-state index contributed by atoms with van der Waals surface area (Å²) in [6, 6.07) is -2.22. The van der Waals surface area contributed by atoms with Gasteiger partial charge in [-0.1, -0.05) is 0 Å². The van der Waals surface area contributed by atoms with E-state index in [-0.39, 0.29) is 0 Å². The zero-order chi connectivity index (χ0) is 17.9. The fraction of sp³-hybridized carbons (Fsp3) is 1.00. The monoisotopic (exact) mass is 325 g/mol. The third-order valence-electron chi connectivity index (χ3n) is 3.12. The van der Waals surface area contributed by atoms with E-state index < -0.39 is 54.8 Å². The summed E-state index contributed by atoms with van der Waals surface area (Å²) in [5.74, 6) is 0. The molecule has 0 spiro atoms. The molecule has 0 radical (unpaired) electrons. The highest BCUT2D eigenvalue weighted by Crippen LogP contribution is 2.26. The Bertz CT molecular complexity index is 464. The van der Waals surface area contributed by atoms with E-state index in [1.54, 1.807) is 0 Å². The molecule has 15 nitrogen and oxygen atoms in total. The van der Waals surface area contributed by atoms with Crippen LogP contribution in [0.15, 0.2) is 0 Å². The van der Waals surface area contributed by atoms with Crippen LogP contribution in [0, 0.1) is 50.6 Å². The average Bonchev–Trinajstić information content (AvgIpc) is 2.36. The van der Waals surface area contributed by atoms with Crippen LogP contribution >= 0.6 is 0 Å². The second-order valence-corrected chi connectivity index (χ2v) is 4.81. The second-order valence-electron chi connectivity index (χ2n) is 4.81. The molecule has 0 fully saturated rings. The van der Waals surface area contributed by atoms with Gasteiger partial charge in [0.05, 0.1) is 33.5 Å². The first kappa shape index (κ1) is 19.0. The van der Waals surface area contributed by atoms with Crippen LogP contribution in [0.2, 0.25) is 0 Å². The summed E-state index contributed by atoms with van der Waals surface area (Å²) in [6.07, 6.45) is -2.67. The van der Waals surface area contributed by atoms with Gasteiger partial charge in [-0.25, -0.2) is 0 Å². The van der Waals surface area contributed by atoms with Crippen LogP contribution in [0.5, 0.6) is 0 Å². The topological polar surface area (TPSA) is 216 Å². The molecule has 0 aromatic carbocycles. The van der Waals surface area contributed by atoms with Gasteiger partial charge in [-0.2, -0.15) is 0 Å². The third-order valence-corrected chi connectivity index (χ3v) is 3.12. The number of nitro groups is 5. The molecule has 15 heteroatoms. The van der Waals surface area contributed by atoms with Gasteiger partial charge in [0.1, 0.15) is 0 Å². The van der Waals surface area contributed by atoms with Crippen molar-refractivity contribution in [3.63, 3.8) is 0 Å². The molecule has 0 atom stereocenters. The Morgan fingerprint density at radius 3 is 1.05 bits per heavy atom. The van der Waals surface area contributed by atoms with Gasteiger partial charge in [0.25, 0.3) is 0 Å². The Labute approximate surface area is 120 Å². The Balaban J connectivity index is 5.65. The van der Waals surface area contributed by atoms with Crippen LogP contribution in [0.3, 0.4) is 0 Å². The van der Waals surface area contributed by atoms with E-state index in [9.17, 15) is 50.6 Å². The largest absolute Gasteiger partial charge is 0.462 e. The average molecular weight is 325 g/mol. The normalized spacial score (nSPS) is 12.0. The van der Waals surface area contributed by atoms with Crippen LogP contribution in [0.4, 0.5) is 0 Å². The summed E-state index contributed by atoms with van der Waals surface area (Å²) in [4.78, 5) is 47.0. The summed E-state index contributed by atoms with van der Waals surface area (Å²) in [5, 5.41) is 53.8. The molecular weight excluding hydrogens is 314 g/mol. The molecule has 0 aromatic heterocycles. The molecule has 0 saturated carbocycles. The summed E-state index contributed by atoms with van der Waals surface area (Å²) >= 11 is 0. The molecule has 0 heterocycles. The molecule has 0 N–H and O–H groups in total. The molecule has 124 valence electrons. The molecule has 0 aliphatic carbocycles. The maximum Gasteiger partial charge on any atom is 0.462 e. The van der Waals surface area contributed by atoms with Crippen LogP contribution in [-0.4, -0.2) is 42.0 Å². The van der Waals surface area contributed by atoms with Crippen molar-refractivity contribution in [2.45, 2.75) is 44.1 Å². The van der Waals surface area contributed by atoms with Gasteiger partial charge in [0.2, 0.25) is 6.04 Å². The minimum atomic E-state index is -2.99. The Morgan fingerprint density at radius 2 is 0.909 bits per heavy atom. The first-order valence-corrected chi connectivity index (χ1v) is 5.50. The third kappa shape index (κ3) is 3.55. The number of hydrogen-bond donors (Lipinski definition) is 0. The summed E-state index contributed by atoms with van der Waals surface area (Å²) in [6.45, 7) is 0.971. The van der Waals surface area contributed by atoms with Crippen molar-refractivity contribution in [1.82, 2.24) is 0 Å². The quantitative estimate of drug-likeness (QED) is 0.312. The van der Waals surface area contributed by atoms with Gasteiger partial charge in [0.15, 0.2) is 12.8 Å². The zero-order valence-electron chi connectivity index (χ0n) is 11.3. The highest BCUT2D eigenvalue weighted by Gasteiger charge is 2.61. The minimum Gasteiger partial charge on any atom is -0.264 e. The highest BCUT2D eigenvalue weighted by atomic mass is 16.7. The fourth-order valence-electron chi connectivity index (χ4n) is 1.55. The molecule has 0 rings (SSSR count). The summed E-state index contributed by atoms with van der Waals surface area (Å²) in [5.41, 5.74) is -5.99. The van der Waals surface area contributed by atoms with Crippen molar-refractivity contribution < 1.29 is 24.6 Å². The molecule has 0 amide bonds. The van der Waals surface area contributed by atoms with E-state index in [2.05, 4.69) is 0 Å². The second kappa shape index (κ2) is 6.19. The number of hydrogen-bond acceptors (Lipinski definition) is 10. The molecular formula is C7H11N5O10. The number of nitrogens with zero attached hydrogens (tertiary/aromatic N) is 5. The van der Waals surface area contributed by atoms with Gasteiger partial charge in [-0.05, 0) is 0 Å². The van der Waals surface area contributed by atoms with Crippen molar-refractivity contribution in [1.29, 1.82) is 0 Å². The van der Waals surface area contributed by atoms with E-state index in [1.807, 2.05) is 0 Å². The molecule has 22 heavy (non-hydrogen) atoms. The van der Waals surface area contributed by atoms with Crippen molar-refractivity contribution in [2.75, 3.05) is 0 Å². The first-order valence-electron chi connectivity index (χ1n) is 5.50. The van der Waals surface area contributed by atoms with Crippen LogP contribution < -0.4 is 0 Å². The lowest BCUT2D eigenvalue weighted by molar-refractivity contribution is -0.807. The molecule has 0 aliphatic heterocycles. The van der Waals surface area contributed by atoms with Gasteiger partial charge < -0.3 is 0 Å². The molecule has 0 aromatic rings. The Morgan fingerprint density at radius 1 is 0.682 bits per heavy atom. The first-order chi connectivity index (χ1) is 9.79. The van der Waals surface area contributed by atoms with Crippen LogP contribution in [0.1, 0.15) is 26.7 Å². The van der Waals surface area contributed by atoms with Crippen molar-refractivity contribution in [2.24, 2.45) is 0 Å². The summed E-state index contributed by atoms with van der Waals surface area (Å²) in [7, 11) is 0. The lowest BCUT2D eigenvalue weighted by atomic mass is 9.95. The minimum absolute atomic E-state index is 0.485. The number of rotatable bonds is 9. The molecule has 0 bridgehead atoms. The zero-order valence-corrected chi connectivity index (χ0v) is 11.3. The fourth-order valence-corrected chi connectivity index (χ4v) is 1.55. The van der Waals surface area contributed by atoms with Gasteiger partial charge in [-0.3, -0.25) is 50.6 Å². The standard InChI is InChI=1S/C7H11N5O10/c1-6(9(15)16,10(17)18)3-5(8(13)14)4-7(2,11(19)20)12(21)22/h5H,3-4H2,1-2H3. The molecule has 0 saturated heterocycles.